The molecule has 0 unspecified atom stereocenters. The van der Waals surface area contributed by atoms with E-state index in [1.54, 1.807) is 4.90 Å². The first-order chi connectivity index (χ1) is 9.10. The fourth-order valence-corrected chi connectivity index (χ4v) is 2.49. The molecule has 0 bridgehead atoms. The number of hydrogen-bond donors (Lipinski definition) is 1. The molecule has 2 N–H and O–H groups in total. The summed E-state index contributed by atoms with van der Waals surface area (Å²) in [6.45, 7) is 0.610. The fourth-order valence-electron chi connectivity index (χ4n) is 2.49. The Balaban J connectivity index is 0.00000147. The minimum absolute atomic E-state index is 0. The van der Waals surface area contributed by atoms with Gasteiger partial charge in [-0.1, -0.05) is 42.5 Å². The van der Waals surface area contributed by atoms with Crippen LogP contribution in [-0.2, 0) is 11.3 Å². The van der Waals surface area contributed by atoms with E-state index in [0.29, 0.717) is 6.54 Å². The van der Waals surface area contributed by atoms with Crippen LogP contribution in [0, 0.1) is 0 Å². The topological polar surface area (TPSA) is 46.3 Å². The number of carbonyl (C=O) groups is 1. The van der Waals surface area contributed by atoms with Gasteiger partial charge in [0.15, 0.2) is 0 Å². The summed E-state index contributed by atoms with van der Waals surface area (Å²) in [4.78, 5) is 13.9. The lowest BCUT2D eigenvalue weighted by molar-refractivity contribution is -0.132. The van der Waals surface area contributed by atoms with E-state index in [0.717, 1.165) is 12.8 Å². The fraction of sp³-hybridized carbons (Fsp3) is 0.312. The summed E-state index contributed by atoms with van der Waals surface area (Å²) in [5.74, 6) is 0.0560. The molecule has 0 aliphatic heterocycles. The number of nitrogens with zero attached hydrogens (tertiary/aromatic N) is 1. The number of halogens is 1. The van der Waals surface area contributed by atoms with E-state index in [-0.39, 0.29) is 18.3 Å². The maximum absolute atomic E-state index is 12.2. The maximum atomic E-state index is 12.2. The average Bonchev–Trinajstić information content (AvgIpc) is 3.17. The Bertz CT molecular complexity index is 632. The summed E-state index contributed by atoms with van der Waals surface area (Å²) < 4.78 is 0. The van der Waals surface area contributed by atoms with Crippen molar-refractivity contribution >= 4 is 29.1 Å². The highest BCUT2D eigenvalue weighted by atomic mass is 35.5. The van der Waals surface area contributed by atoms with Crippen LogP contribution in [0.25, 0.3) is 10.8 Å². The van der Waals surface area contributed by atoms with Gasteiger partial charge in [0.25, 0.3) is 0 Å². The molecule has 0 saturated heterocycles. The highest BCUT2D eigenvalue weighted by Crippen LogP contribution is 2.34. The van der Waals surface area contributed by atoms with Crippen molar-refractivity contribution in [1.82, 2.24) is 4.90 Å². The van der Waals surface area contributed by atoms with Crippen molar-refractivity contribution in [3.63, 3.8) is 0 Å². The molecule has 2 aromatic rings. The normalized spacial score (nSPS) is 15.5. The number of rotatable bonds is 3. The Morgan fingerprint density at radius 2 is 1.85 bits per heavy atom. The van der Waals surface area contributed by atoms with E-state index in [1.807, 2.05) is 25.2 Å². The Morgan fingerprint density at radius 1 is 1.20 bits per heavy atom. The third-order valence-corrected chi connectivity index (χ3v) is 3.85. The lowest BCUT2D eigenvalue weighted by Gasteiger charge is -2.21. The molecular weight excluding hydrogens is 272 g/mol. The van der Waals surface area contributed by atoms with E-state index in [9.17, 15) is 4.79 Å². The molecule has 0 atom stereocenters. The van der Waals surface area contributed by atoms with E-state index in [4.69, 9.17) is 5.73 Å². The highest BCUT2D eigenvalue weighted by Gasteiger charge is 2.47. The molecule has 1 fully saturated rings. The molecule has 0 spiro atoms. The highest BCUT2D eigenvalue weighted by molar-refractivity contribution is 5.90. The second-order valence-electron chi connectivity index (χ2n) is 5.46. The minimum Gasteiger partial charge on any atom is -0.340 e. The number of amides is 1. The summed E-state index contributed by atoms with van der Waals surface area (Å²) >= 11 is 0. The van der Waals surface area contributed by atoms with Crippen LogP contribution in [0.5, 0.6) is 0 Å². The molecule has 20 heavy (non-hydrogen) atoms. The van der Waals surface area contributed by atoms with Crippen LogP contribution < -0.4 is 5.73 Å². The van der Waals surface area contributed by atoms with Crippen molar-refractivity contribution in [2.24, 2.45) is 5.73 Å². The van der Waals surface area contributed by atoms with Crippen LogP contribution in [0.2, 0.25) is 0 Å². The first kappa shape index (κ1) is 14.8. The van der Waals surface area contributed by atoms with Crippen LogP contribution in [0.15, 0.2) is 42.5 Å². The van der Waals surface area contributed by atoms with Crippen molar-refractivity contribution in [2.75, 3.05) is 7.05 Å². The van der Waals surface area contributed by atoms with Crippen molar-refractivity contribution < 1.29 is 4.79 Å². The van der Waals surface area contributed by atoms with Crippen LogP contribution in [0.1, 0.15) is 18.4 Å². The van der Waals surface area contributed by atoms with Gasteiger partial charge in [-0.25, -0.2) is 0 Å². The Kier molecular flexibility index (Phi) is 4.02. The molecule has 0 heterocycles. The average molecular weight is 291 g/mol. The van der Waals surface area contributed by atoms with E-state index in [2.05, 4.69) is 24.3 Å². The zero-order chi connectivity index (χ0) is 13.5. The number of likely N-dealkylation sites (N-methyl/N-ethyl adjacent to an activating group) is 1. The number of nitrogens with two attached hydrogens (primary N) is 1. The molecular formula is C16H19ClN2O. The van der Waals surface area contributed by atoms with Gasteiger partial charge >= 0.3 is 0 Å². The van der Waals surface area contributed by atoms with E-state index < -0.39 is 5.54 Å². The predicted molar refractivity (Wildman–Crippen MR) is 83.8 cm³/mol. The van der Waals surface area contributed by atoms with Crippen molar-refractivity contribution in [3.05, 3.63) is 48.0 Å². The number of fused-ring (bicyclic) bond motifs is 1. The lowest BCUT2D eigenvalue weighted by atomic mass is 10.0. The quantitative estimate of drug-likeness (QED) is 0.945. The standard InChI is InChI=1S/C16H18N2O.ClH/c1-18(15(19)16(17)9-10-16)11-13-7-4-6-12-5-2-3-8-14(12)13;/h2-8H,9-11,17H2,1H3;1H. The molecule has 1 aliphatic rings. The van der Waals surface area contributed by atoms with E-state index in [1.165, 1.54) is 16.3 Å². The SMILES string of the molecule is CN(Cc1cccc2ccccc12)C(=O)C1(N)CC1.Cl. The monoisotopic (exact) mass is 290 g/mol. The number of carbonyl (C=O) groups excluding carboxylic acids is 1. The number of benzene rings is 2. The van der Waals surface area contributed by atoms with Crippen molar-refractivity contribution in [3.8, 4) is 0 Å². The van der Waals surface area contributed by atoms with Gasteiger partial charge in [-0.2, -0.15) is 0 Å². The molecule has 1 saturated carbocycles. The maximum Gasteiger partial charge on any atom is 0.242 e. The van der Waals surface area contributed by atoms with Crippen molar-refractivity contribution in [2.45, 2.75) is 24.9 Å². The van der Waals surface area contributed by atoms with Gasteiger partial charge < -0.3 is 10.6 Å². The molecule has 106 valence electrons. The van der Waals surface area contributed by atoms with Gasteiger partial charge in [0.2, 0.25) is 5.91 Å². The second-order valence-corrected chi connectivity index (χ2v) is 5.46. The Morgan fingerprint density at radius 3 is 2.55 bits per heavy atom. The molecule has 0 radical (unpaired) electrons. The molecule has 3 nitrogen and oxygen atoms in total. The molecule has 0 aromatic heterocycles. The molecule has 4 heteroatoms. The number of hydrogen-bond acceptors (Lipinski definition) is 2. The summed E-state index contributed by atoms with van der Waals surface area (Å²) in [5.41, 5.74) is 6.55. The summed E-state index contributed by atoms with van der Waals surface area (Å²) in [7, 11) is 1.83. The van der Waals surface area contributed by atoms with Crippen molar-refractivity contribution in [1.29, 1.82) is 0 Å². The lowest BCUT2D eigenvalue weighted by Crippen LogP contribution is -2.43. The summed E-state index contributed by atoms with van der Waals surface area (Å²) in [6, 6.07) is 14.4. The molecule has 1 aliphatic carbocycles. The first-order valence-electron chi connectivity index (χ1n) is 6.61. The second kappa shape index (κ2) is 5.43. The van der Waals surface area contributed by atoms with Crippen LogP contribution in [-0.4, -0.2) is 23.4 Å². The van der Waals surface area contributed by atoms with Crippen LogP contribution >= 0.6 is 12.4 Å². The van der Waals surface area contributed by atoms with Crippen LogP contribution in [0.4, 0.5) is 0 Å². The van der Waals surface area contributed by atoms with Gasteiger partial charge in [0.05, 0.1) is 5.54 Å². The van der Waals surface area contributed by atoms with Gasteiger partial charge in [-0.05, 0) is 29.2 Å². The molecule has 3 rings (SSSR count). The molecule has 1 amide bonds. The minimum atomic E-state index is -0.584. The third-order valence-electron chi connectivity index (χ3n) is 3.85. The van der Waals surface area contributed by atoms with Gasteiger partial charge in [-0.15, -0.1) is 12.4 Å². The molecule has 2 aromatic carbocycles. The van der Waals surface area contributed by atoms with E-state index >= 15 is 0 Å². The van der Waals surface area contributed by atoms with Gasteiger partial charge in [0, 0.05) is 13.6 Å². The zero-order valence-corrected chi connectivity index (χ0v) is 12.3. The summed E-state index contributed by atoms with van der Waals surface area (Å²) in [5, 5.41) is 2.40. The smallest absolute Gasteiger partial charge is 0.242 e. The van der Waals surface area contributed by atoms with Gasteiger partial charge in [-0.3, -0.25) is 4.79 Å². The summed E-state index contributed by atoms with van der Waals surface area (Å²) in [6.07, 6.45) is 1.62. The largest absolute Gasteiger partial charge is 0.340 e. The predicted octanol–water partition coefficient (Wildman–Crippen LogP) is 2.71. The third kappa shape index (κ3) is 2.65. The Labute approximate surface area is 125 Å². The van der Waals surface area contributed by atoms with Gasteiger partial charge in [0.1, 0.15) is 0 Å². The zero-order valence-electron chi connectivity index (χ0n) is 11.5. The van der Waals surface area contributed by atoms with Crippen LogP contribution in [0.3, 0.4) is 0 Å². The first-order valence-corrected chi connectivity index (χ1v) is 6.61. The Hall–Kier alpha value is -1.58.